The van der Waals surface area contributed by atoms with Crippen LogP contribution >= 0.6 is 0 Å². The highest BCUT2D eigenvalue weighted by Gasteiger charge is 2.15. The van der Waals surface area contributed by atoms with Crippen LogP contribution in [-0.2, 0) is 0 Å². The summed E-state index contributed by atoms with van der Waals surface area (Å²) in [7, 11) is 0. The Balaban J connectivity index is 1.17. The Kier molecular flexibility index (Phi) is 7.25. The van der Waals surface area contributed by atoms with Gasteiger partial charge in [-0.3, -0.25) is 0 Å². The lowest BCUT2D eigenvalue weighted by atomic mass is 9.87. The summed E-state index contributed by atoms with van der Waals surface area (Å²) in [4.78, 5) is 0. The van der Waals surface area contributed by atoms with E-state index in [4.69, 9.17) is 0 Å². The highest BCUT2D eigenvalue weighted by atomic mass is 14.2. The van der Waals surface area contributed by atoms with Crippen LogP contribution in [-0.4, -0.2) is 0 Å². The van der Waals surface area contributed by atoms with E-state index in [9.17, 15) is 0 Å². The van der Waals surface area contributed by atoms with Gasteiger partial charge in [0.2, 0.25) is 0 Å². The molecule has 0 aromatic heterocycles. The molecule has 0 unspecified atom stereocenters. The first kappa shape index (κ1) is 30.1. The first-order valence-corrected chi connectivity index (χ1v) is 18.0. The standard InChI is InChI=1S/C52H34/c1-3-11-35(12-4-1)37-19-23-39(24-20-37)41-27-29-46-44(31-41)34-52(51-33-43-15-7-8-16-45(43)47-17-9-10-18-48(47)51)50-32-42(28-30-49(46)50)40-25-21-38(22-26-40)36-13-5-2-6-14-36/h1-34H. The smallest absolute Gasteiger partial charge is 0.00923 e. The van der Waals surface area contributed by atoms with E-state index in [1.54, 1.807) is 0 Å². The summed E-state index contributed by atoms with van der Waals surface area (Å²) in [5.74, 6) is 0. The highest BCUT2D eigenvalue weighted by Crippen LogP contribution is 2.43. The molecule has 0 fully saturated rings. The zero-order valence-electron chi connectivity index (χ0n) is 28.6. The molecule has 0 aliphatic rings. The van der Waals surface area contributed by atoms with E-state index in [0.29, 0.717) is 0 Å². The third kappa shape index (κ3) is 5.25. The maximum atomic E-state index is 2.43. The van der Waals surface area contributed by atoms with Gasteiger partial charge in [-0.1, -0.05) is 182 Å². The van der Waals surface area contributed by atoms with Crippen molar-refractivity contribution in [2.75, 3.05) is 0 Å². The Bertz CT molecular complexity index is 2900. The lowest BCUT2D eigenvalue weighted by Crippen LogP contribution is -1.90. The molecular formula is C52H34. The minimum atomic E-state index is 1.21. The van der Waals surface area contributed by atoms with Crippen molar-refractivity contribution >= 4 is 43.1 Å². The fourth-order valence-electron chi connectivity index (χ4n) is 7.99. The van der Waals surface area contributed by atoms with Gasteiger partial charge in [-0.05, 0) is 123 Å². The first-order valence-electron chi connectivity index (χ1n) is 18.0. The van der Waals surface area contributed by atoms with Crippen LogP contribution in [0.2, 0.25) is 0 Å². The predicted octanol–water partition coefficient (Wildman–Crippen LogP) is 14.6. The van der Waals surface area contributed by atoms with Gasteiger partial charge in [0.05, 0.1) is 0 Å². The Morgan fingerprint density at radius 3 is 1.15 bits per heavy atom. The molecule has 10 rings (SSSR count). The summed E-state index contributed by atoms with van der Waals surface area (Å²) < 4.78 is 0. The van der Waals surface area contributed by atoms with Crippen LogP contribution in [0.15, 0.2) is 206 Å². The maximum Gasteiger partial charge on any atom is -0.00923 e. The fraction of sp³-hybridized carbons (Fsp3) is 0. The number of hydrogen-bond acceptors (Lipinski definition) is 0. The summed E-state index contributed by atoms with van der Waals surface area (Å²) in [5, 5.41) is 10.1. The van der Waals surface area contributed by atoms with E-state index in [2.05, 4.69) is 206 Å². The zero-order chi connectivity index (χ0) is 34.4. The molecule has 10 aromatic rings. The van der Waals surface area contributed by atoms with Crippen LogP contribution in [0.25, 0.3) is 98.7 Å². The molecule has 0 nitrogen and oxygen atoms in total. The maximum absolute atomic E-state index is 2.43. The van der Waals surface area contributed by atoms with Gasteiger partial charge >= 0.3 is 0 Å². The predicted molar refractivity (Wildman–Crippen MR) is 224 cm³/mol. The van der Waals surface area contributed by atoms with Crippen LogP contribution in [0.1, 0.15) is 0 Å². The van der Waals surface area contributed by atoms with Crippen LogP contribution in [0, 0.1) is 0 Å². The SMILES string of the molecule is c1ccc(-c2ccc(-c3ccc4c(c3)cc(-c3cc5ccccc5c5ccccc35)c3cc(-c5ccc(-c6ccccc6)cc5)ccc34)cc2)cc1. The van der Waals surface area contributed by atoms with E-state index >= 15 is 0 Å². The fourth-order valence-corrected chi connectivity index (χ4v) is 7.99. The molecule has 242 valence electrons. The third-order valence-corrected chi connectivity index (χ3v) is 10.7. The first-order chi connectivity index (χ1) is 25.8. The average Bonchev–Trinajstić information content (AvgIpc) is 3.23. The largest absolute Gasteiger partial charge is 0.0622 e. The molecule has 10 aromatic carbocycles. The van der Waals surface area contributed by atoms with E-state index in [-0.39, 0.29) is 0 Å². The van der Waals surface area contributed by atoms with Crippen molar-refractivity contribution in [1.82, 2.24) is 0 Å². The van der Waals surface area contributed by atoms with Crippen molar-refractivity contribution in [2.24, 2.45) is 0 Å². The second-order valence-corrected chi connectivity index (χ2v) is 13.7. The topological polar surface area (TPSA) is 0 Å². The summed E-state index contributed by atoms with van der Waals surface area (Å²) in [6.45, 7) is 0. The molecule has 0 aliphatic heterocycles. The van der Waals surface area contributed by atoms with Gasteiger partial charge < -0.3 is 0 Å². The van der Waals surface area contributed by atoms with Crippen LogP contribution in [0.3, 0.4) is 0 Å². The Morgan fingerprint density at radius 2 is 0.538 bits per heavy atom. The number of rotatable bonds is 5. The lowest BCUT2D eigenvalue weighted by Gasteiger charge is -2.17. The van der Waals surface area contributed by atoms with E-state index in [0.717, 1.165) is 0 Å². The molecule has 0 saturated carbocycles. The van der Waals surface area contributed by atoms with Gasteiger partial charge in [0.25, 0.3) is 0 Å². The van der Waals surface area contributed by atoms with E-state index in [1.165, 1.54) is 98.7 Å². The summed E-state index contributed by atoms with van der Waals surface area (Å²) in [6, 6.07) is 75.6. The quantitative estimate of drug-likeness (QED) is 0.161. The molecule has 0 amide bonds. The molecule has 0 heterocycles. The van der Waals surface area contributed by atoms with Gasteiger partial charge in [-0.15, -0.1) is 0 Å². The zero-order valence-corrected chi connectivity index (χ0v) is 28.6. The van der Waals surface area contributed by atoms with Gasteiger partial charge in [-0.2, -0.15) is 0 Å². The normalized spacial score (nSPS) is 11.5. The lowest BCUT2D eigenvalue weighted by molar-refractivity contribution is 1.60. The molecule has 0 heteroatoms. The molecule has 52 heavy (non-hydrogen) atoms. The second-order valence-electron chi connectivity index (χ2n) is 13.7. The number of benzene rings is 10. The number of hydrogen-bond donors (Lipinski definition) is 0. The van der Waals surface area contributed by atoms with Crippen LogP contribution in [0.4, 0.5) is 0 Å². The Labute approximate surface area is 303 Å². The summed E-state index contributed by atoms with van der Waals surface area (Å²) in [6.07, 6.45) is 0. The van der Waals surface area contributed by atoms with Crippen molar-refractivity contribution < 1.29 is 0 Å². The van der Waals surface area contributed by atoms with Crippen LogP contribution < -0.4 is 0 Å². The van der Waals surface area contributed by atoms with Crippen molar-refractivity contribution in [2.45, 2.75) is 0 Å². The van der Waals surface area contributed by atoms with E-state index in [1.807, 2.05) is 0 Å². The molecule has 0 radical (unpaired) electrons. The Morgan fingerprint density at radius 1 is 0.173 bits per heavy atom. The van der Waals surface area contributed by atoms with Gasteiger partial charge in [0, 0.05) is 0 Å². The molecule has 0 aliphatic carbocycles. The third-order valence-electron chi connectivity index (χ3n) is 10.7. The highest BCUT2D eigenvalue weighted by molar-refractivity contribution is 6.20. The van der Waals surface area contributed by atoms with Gasteiger partial charge in [0.1, 0.15) is 0 Å². The van der Waals surface area contributed by atoms with Crippen molar-refractivity contribution in [3.05, 3.63) is 206 Å². The summed E-state index contributed by atoms with van der Waals surface area (Å²) >= 11 is 0. The van der Waals surface area contributed by atoms with Gasteiger partial charge in [0.15, 0.2) is 0 Å². The molecule has 0 N–H and O–H groups in total. The van der Waals surface area contributed by atoms with Crippen LogP contribution in [0.5, 0.6) is 0 Å². The summed E-state index contributed by atoms with van der Waals surface area (Å²) in [5.41, 5.74) is 12.3. The van der Waals surface area contributed by atoms with Gasteiger partial charge in [-0.25, -0.2) is 0 Å². The molecule has 0 atom stereocenters. The van der Waals surface area contributed by atoms with Crippen molar-refractivity contribution in [3.8, 4) is 55.6 Å². The Hall–Kier alpha value is -6.76. The second kappa shape index (κ2) is 12.5. The number of fused-ring (bicyclic) bond motifs is 6. The minimum Gasteiger partial charge on any atom is -0.0622 e. The average molecular weight is 659 g/mol. The molecular weight excluding hydrogens is 625 g/mol. The van der Waals surface area contributed by atoms with Crippen molar-refractivity contribution in [1.29, 1.82) is 0 Å². The molecule has 0 bridgehead atoms. The van der Waals surface area contributed by atoms with Crippen molar-refractivity contribution in [3.63, 3.8) is 0 Å². The van der Waals surface area contributed by atoms with E-state index < -0.39 is 0 Å². The molecule has 0 saturated heterocycles. The monoisotopic (exact) mass is 658 g/mol. The molecule has 0 spiro atoms. The minimum absolute atomic E-state index is 1.21.